The predicted molar refractivity (Wildman–Crippen MR) is 128 cm³/mol. The van der Waals surface area contributed by atoms with Crippen LogP contribution in [0.3, 0.4) is 0 Å². The number of amides is 1. The van der Waals surface area contributed by atoms with E-state index in [4.69, 9.17) is 4.74 Å². The highest BCUT2D eigenvalue weighted by molar-refractivity contribution is 9.10. The standard InChI is InChI=1S/C25H29BrN2O4/c1-16(2)15-32-20-10-8-17(9-11-20)23(29)21-22(18-6-5-7-19(26)14-18)28(13-12-27(3)4)25(31)24(21)30/h5-11,14,16,22,29H,12-13,15H2,1-4H3/b23-21+/t22-/m1/s1. The van der Waals surface area contributed by atoms with Gasteiger partial charge < -0.3 is 19.6 Å². The second-order valence-electron chi connectivity index (χ2n) is 8.58. The van der Waals surface area contributed by atoms with Crippen LogP contribution in [0.25, 0.3) is 5.76 Å². The molecule has 0 spiro atoms. The van der Waals surface area contributed by atoms with E-state index >= 15 is 0 Å². The quantitative estimate of drug-likeness (QED) is 0.329. The molecule has 7 heteroatoms. The zero-order chi connectivity index (χ0) is 23.4. The second kappa shape index (κ2) is 10.3. The van der Waals surface area contributed by atoms with Crippen LogP contribution in [0.5, 0.6) is 5.75 Å². The summed E-state index contributed by atoms with van der Waals surface area (Å²) in [6.07, 6.45) is 0. The van der Waals surface area contributed by atoms with Crippen molar-refractivity contribution in [2.24, 2.45) is 5.92 Å². The lowest BCUT2D eigenvalue weighted by Gasteiger charge is -2.26. The van der Waals surface area contributed by atoms with E-state index < -0.39 is 17.7 Å². The number of aliphatic hydroxyl groups excluding tert-OH is 1. The smallest absolute Gasteiger partial charge is 0.295 e. The van der Waals surface area contributed by atoms with E-state index in [9.17, 15) is 14.7 Å². The fourth-order valence-electron chi connectivity index (χ4n) is 3.57. The highest BCUT2D eigenvalue weighted by Gasteiger charge is 2.45. The summed E-state index contributed by atoms with van der Waals surface area (Å²) in [6.45, 7) is 5.69. The van der Waals surface area contributed by atoms with Gasteiger partial charge in [0.2, 0.25) is 0 Å². The molecule has 0 unspecified atom stereocenters. The van der Waals surface area contributed by atoms with Crippen LogP contribution in [-0.4, -0.2) is 60.4 Å². The Morgan fingerprint density at radius 1 is 1.16 bits per heavy atom. The van der Waals surface area contributed by atoms with Gasteiger partial charge in [0.15, 0.2) is 0 Å². The van der Waals surface area contributed by atoms with E-state index in [0.717, 1.165) is 10.0 Å². The van der Waals surface area contributed by atoms with Gasteiger partial charge in [-0.1, -0.05) is 41.9 Å². The predicted octanol–water partition coefficient (Wildman–Crippen LogP) is 4.47. The summed E-state index contributed by atoms with van der Waals surface area (Å²) in [4.78, 5) is 29.4. The first kappa shape index (κ1) is 24.0. The van der Waals surface area contributed by atoms with Crippen LogP contribution in [0.2, 0.25) is 0 Å². The molecule has 1 aliphatic rings. The fourth-order valence-corrected chi connectivity index (χ4v) is 3.99. The van der Waals surface area contributed by atoms with Crippen LogP contribution in [-0.2, 0) is 9.59 Å². The van der Waals surface area contributed by atoms with Crippen molar-refractivity contribution in [1.82, 2.24) is 9.80 Å². The number of likely N-dealkylation sites (tertiary alicyclic amines) is 1. The summed E-state index contributed by atoms with van der Waals surface area (Å²) in [6, 6.07) is 13.7. The minimum Gasteiger partial charge on any atom is -0.507 e. The zero-order valence-electron chi connectivity index (χ0n) is 18.8. The van der Waals surface area contributed by atoms with E-state index in [1.54, 1.807) is 24.3 Å². The highest BCUT2D eigenvalue weighted by atomic mass is 79.9. The summed E-state index contributed by atoms with van der Waals surface area (Å²) in [7, 11) is 3.82. The number of nitrogens with zero attached hydrogens (tertiary/aromatic N) is 2. The molecule has 0 saturated carbocycles. The van der Waals surface area contributed by atoms with Gasteiger partial charge in [0.25, 0.3) is 11.7 Å². The molecule has 0 aliphatic carbocycles. The molecule has 1 saturated heterocycles. The molecule has 1 aliphatic heterocycles. The zero-order valence-corrected chi connectivity index (χ0v) is 20.4. The summed E-state index contributed by atoms with van der Waals surface area (Å²) in [5.41, 5.74) is 1.32. The normalized spacial score (nSPS) is 18.1. The average Bonchev–Trinajstić information content (AvgIpc) is 3.01. The highest BCUT2D eigenvalue weighted by Crippen LogP contribution is 2.40. The van der Waals surface area contributed by atoms with Gasteiger partial charge in [0, 0.05) is 23.1 Å². The lowest BCUT2D eigenvalue weighted by atomic mass is 9.95. The SMILES string of the molecule is CC(C)COc1ccc(/C(O)=C2\C(=O)C(=O)N(CCN(C)C)[C@@H]2c2cccc(Br)c2)cc1. The molecule has 0 bridgehead atoms. The minimum atomic E-state index is -0.675. The van der Waals surface area contributed by atoms with Gasteiger partial charge in [-0.15, -0.1) is 0 Å². The van der Waals surface area contributed by atoms with Gasteiger partial charge in [-0.2, -0.15) is 0 Å². The Balaban J connectivity index is 2.03. The third-order valence-corrected chi connectivity index (χ3v) is 5.70. The van der Waals surface area contributed by atoms with Crippen molar-refractivity contribution in [3.05, 3.63) is 69.7 Å². The summed E-state index contributed by atoms with van der Waals surface area (Å²) in [5.74, 6) is -0.380. The molecule has 170 valence electrons. The molecule has 2 aromatic rings. The van der Waals surface area contributed by atoms with Crippen LogP contribution < -0.4 is 4.74 Å². The number of rotatable bonds is 8. The third-order valence-electron chi connectivity index (χ3n) is 5.20. The van der Waals surface area contributed by atoms with E-state index in [0.29, 0.717) is 36.9 Å². The van der Waals surface area contributed by atoms with Gasteiger partial charge in [0.1, 0.15) is 11.5 Å². The van der Waals surface area contributed by atoms with Crippen molar-refractivity contribution in [3.63, 3.8) is 0 Å². The van der Waals surface area contributed by atoms with Gasteiger partial charge >= 0.3 is 0 Å². The molecular formula is C25H29BrN2O4. The van der Waals surface area contributed by atoms with Crippen LogP contribution in [0.4, 0.5) is 0 Å². The average molecular weight is 501 g/mol. The molecule has 6 nitrogen and oxygen atoms in total. The van der Waals surface area contributed by atoms with Crippen LogP contribution in [0, 0.1) is 5.92 Å². The first-order valence-electron chi connectivity index (χ1n) is 10.6. The molecule has 1 N–H and O–H groups in total. The Morgan fingerprint density at radius 2 is 1.84 bits per heavy atom. The first-order chi connectivity index (χ1) is 15.2. The minimum absolute atomic E-state index is 0.0997. The van der Waals surface area contributed by atoms with Crippen LogP contribution in [0.15, 0.2) is 58.6 Å². The summed E-state index contributed by atoms with van der Waals surface area (Å²) >= 11 is 3.47. The van der Waals surface area contributed by atoms with Crippen LogP contribution in [0.1, 0.15) is 31.0 Å². The molecule has 1 heterocycles. The van der Waals surface area contributed by atoms with Gasteiger partial charge in [-0.05, 0) is 62.0 Å². The molecule has 1 atom stereocenters. The number of halogens is 1. The number of Topliss-reactive ketones (excluding diaryl/α,β-unsaturated/α-hetero) is 1. The molecule has 2 aromatic carbocycles. The van der Waals surface area contributed by atoms with E-state index in [1.807, 2.05) is 43.3 Å². The number of benzene rings is 2. The lowest BCUT2D eigenvalue weighted by Crippen LogP contribution is -2.35. The molecular weight excluding hydrogens is 472 g/mol. The Bertz CT molecular complexity index is 1010. The topological polar surface area (TPSA) is 70.1 Å². The maximum atomic E-state index is 13.0. The first-order valence-corrected chi connectivity index (χ1v) is 11.4. The Kier molecular flexibility index (Phi) is 7.74. The molecule has 1 fully saturated rings. The number of ether oxygens (including phenoxy) is 1. The molecule has 32 heavy (non-hydrogen) atoms. The Labute approximate surface area is 197 Å². The van der Waals surface area contributed by atoms with Gasteiger partial charge in [-0.3, -0.25) is 9.59 Å². The van der Waals surface area contributed by atoms with Crippen molar-refractivity contribution in [2.75, 3.05) is 33.8 Å². The third kappa shape index (κ3) is 5.40. The van der Waals surface area contributed by atoms with Crippen molar-refractivity contribution >= 4 is 33.4 Å². The molecule has 0 aromatic heterocycles. The van der Waals surface area contributed by atoms with E-state index in [-0.39, 0.29) is 11.3 Å². The van der Waals surface area contributed by atoms with Crippen molar-refractivity contribution < 1.29 is 19.4 Å². The largest absolute Gasteiger partial charge is 0.507 e. The van der Waals surface area contributed by atoms with Crippen molar-refractivity contribution in [3.8, 4) is 5.75 Å². The summed E-state index contributed by atoms with van der Waals surface area (Å²) in [5, 5.41) is 11.1. The number of hydrogen-bond acceptors (Lipinski definition) is 5. The van der Waals surface area contributed by atoms with Crippen molar-refractivity contribution in [2.45, 2.75) is 19.9 Å². The number of carbonyl (C=O) groups is 2. The number of carbonyl (C=O) groups excluding carboxylic acids is 2. The van der Waals surface area contributed by atoms with Crippen LogP contribution >= 0.6 is 15.9 Å². The molecule has 0 radical (unpaired) electrons. The van der Waals surface area contributed by atoms with Gasteiger partial charge in [0.05, 0.1) is 18.2 Å². The number of likely N-dealkylation sites (N-methyl/N-ethyl adjacent to an activating group) is 1. The second-order valence-corrected chi connectivity index (χ2v) is 9.50. The van der Waals surface area contributed by atoms with E-state index in [1.165, 1.54) is 4.90 Å². The van der Waals surface area contributed by atoms with Crippen molar-refractivity contribution in [1.29, 1.82) is 0 Å². The lowest BCUT2D eigenvalue weighted by molar-refractivity contribution is -0.140. The Morgan fingerprint density at radius 3 is 2.44 bits per heavy atom. The molecule has 3 rings (SSSR count). The molecule has 1 amide bonds. The number of hydrogen-bond donors (Lipinski definition) is 1. The number of aliphatic hydroxyl groups is 1. The fraction of sp³-hybridized carbons (Fsp3) is 0.360. The van der Waals surface area contributed by atoms with Gasteiger partial charge in [-0.25, -0.2) is 0 Å². The maximum Gasteiger partial charge on any atom is 0.295 e. The Hall–Kier alpha value is -2.64. The maximum absolute atomic E-state index is 13.0. The van der Waals surface area contributed by atoms with E-state index in [2.05, 4.69) is 29.8 Å². The monoisotopic (exact) mass is 500 g/mol. The number of ketones is 1. The summed E-state index contributed by atoms with van der Waals surface area (Å²) < 4.78 is 6.54.